The van der Waals surface area contributed by atoms with Gasteiger partial charge in [-0.15, -0.1) is 28.0 Å². The van der Waals surface area contributed by atoms with Crippen LogP contribution in [0.2, 0.25) is 5.02 Å². The lowest BCUT2D eigenvalue weighted by Gasteiger charge is -2.50. The van der Waals surface area contributed by atoms with Gasteiger partial charge in [0.1, 0.15) is 29.2 Å². The number of nitroso groups, excluding NO2 is 1. The van der Waals surface area contributed by atoms with Crippen molar-refractivity contribution in [3.05, 3.63) is 60.3 Å². The van der Waals surface area contributed by atoms with Crippen molar-refractivity contribution in [2.45, 2.75) is 49.2 Å². The molecule has 3 amide bonds. The molecular weight excluding hydrogens is 752 g/mol. The summed E-state index contributed by atoms with van der Waals surface area (Å²) in [6.07, 6.45) is 4.92. The van der Waals surface area contributed by atoms with Crippen molar-refractivity contribution >= 4 is 74.4 Å². The van der Waals surface area contributed by atoms with E-state index in [1.54, 1.807) is 4.57 Å². The number of nitrogens with one attached hydrogen (secondary N) is 2. The van der Waals surface area contributed by atoms with Crippen molar-refractivity contribution in [2.75, 3.05) is 51.3 Å². The van der Waals surface area contributed by atoms with Crippen LogP contribution in [0.5, 0.6) is 11.5 Å². The maximum absolute atomic E-state index is 13.5. The molecule has 17 nitrogen and oxygen atoms in total. The van der Waals surface area contributed by atoms with Gasteiger partial charge in [-0.05, 0) is 18.0 Å². The average Bonchev–Trinajstić information content (AvgIpc) is 3.74. The van der Waals surface area contributed by atoms with E-state index < -0.39 is 58.1 Å². The smallest absolute Gasteiger partial charge is 0.355 e. The third kappa shape index (κ3) is 6.59. The van der Waals surface area contributed by atoms with Gasteiger partial charge in [0.15, 0.2) is 16.6 Å². The van der Waals surface area contributed by atoms with Gasteiger partial charge in [0.05, 0.1) is 54.9 Å². The lowest BCUT2D eigenvalue weighted by molar-refractivity contribution is -0.911. The first-order valence-electron chi connectivity index (χ1n) is 16.9. The Kier molecular flexibility index (Phi) is 9.85. The number of phenols is 2. The molecule has 280 valence electrons. The Morgan fingerprint density at radius 2 is 1.96 bits per heavy atom. The van der Waals surface area contributed by atoms with Gasteiger partial charge < -0.3 is 40.4 Å². The number of amides is 3. The van der Waals surface area contributed by atoms with Crippen molar-refractivity contribution in [2.24, 2.45) is 5.18 Å². The molecule has 53 heavy (non-hydrogen) atoms. The van der Waals surface area contributed by atoms with Gasteiger partial charge in [0, 0.05) is 47.9 Å². The number of carbonyl (C=O) groups excluding carboxylic acids is 4. The summed E-state index contributed by atoms with van der Waals surface area (Å²) in [6.45, 7) is 2.55. The van der Waals surface area contributed by atoms with Crippen LogP contribution in [0.3, 0.4) is 0 Å². The highest BCUT2D eigenvalue weighted by Gasteiger charge is 2.55. The number of ether oxygens (including phenoxy) is 1. The number of esters is 1. The van der Waals surface area contributed by atoms with E-state index in [2.05, 4.69) is 20.8 Å². The molecule has 5 heterocycles. The Bertz CT molecular complexity index is 2150. The zero-order chi connectivity index (χ0) is 37.8. The quantitative estimate of drug-likeness (QED) is 0.0584. The lowest BCUT2D eigenvalue weighted by atomic mass is 10.0. The van der Waals surface area contributed by atoms with E-state index in [-0.39, 0.29) is 45.1 Å². The van der Waals surface area contributed by atoms with Crippen molar-refractivity contribution in [3.63, 3.8) is 0 Å². The predicted molar refractivity (Wildman–Crippen MR) is 195 cm³/mol. The van der Waals surface area contributed by atoms with E-state index in [0.717, 1.165) is 50.1 Å². The third-order valence-corrected chi connectivity index (χ3v) is 12.6. The Balaban J connectivity index is 1.07. The number of β-lactam (4-membered cyclic amide) rings is 1. The standard InChI is InChI=1S/C33H35ClN8O9S2/c1-51-32(49)25-15(13-52-31-24(30(48)41(25)31)38-29(47)23(39-50)18-14-53-33(35)37-18)12-42(7-2-3-8-42)9-6-36-28(46)17-11-40(16-4-5-16)19-10-20(43)27(45)22(34)21(19)26(17)44/h10-11,14,16,23-24,31H,2-9,12-13H2,1H3,(H5-,35,36,37,38,43,44,45,46,47)/p+1. The monoisotopic (exact) mass is 787 g/mol. The van der Waals surface area contributed by atoms with Crippen molar-refractivity contribution in [1.82, 2.24) is 25.1 Å². The second-order valence-corrected chi connectivity index (χ2v) is 15.9. The number of carbonyl (C=O) groups is 4. The number of hydrogen-bond donors (Lipinski definition) is 5. The van der Waals surface area contributed by atoms with Gasteiger partial charge >= 0.3 is 5.97 Å². The molecule has 7 rings (SSSR count). The zero-order valence-electron chi connectivity index (χ0n) is 28.4. The summed E-state index contributed by atoms with van der Waals surface area (Å²) in [5, 5.41) is 29.4. The zero-order valence-corrected chi connectivity index (χ0v) is 30.8. The Morgan fingerprint density at radius 3 is 2.60 bits per heavy atom. The number of benzene rings is 1. The number of pyridine rings is 1. The van der Waals surface area contributed by atoms with E-state index in [1.165, 1.54) is 41.4 Å². The number of anilines is 1. The number of hydrogen-bond acceptors (Lipinski definition) is 14. The number of likely N-dealkylation sites (tertiary alicyclic amines) is 1. The minimum absolute atomic E-state index is 0.0202. The average molecular weight is 788 g/mol. The van der Waals surface area contributed by atoms with Gasteiger partial charge in [0.2, 0.25) is 11.5 Å². The Morgan fingerprint density at radius 1 is 1.23 bits per heavy atom. The fourth-order valence-corrected chi connectivity index (χ4v) is 9.61. The summed E-state index contributed by atoms with van der Waals surface area (Å²) in [5.41, 5.74) is 6.04. The van der Waals surface area contributed by atoms with Crippen LogP contribution < -0.4 is 21.8 Å². The number of thioether (sulfide) groups is 1. The minimum Gasteiger partial charge on any atom is -0.504 e. The normalized spacial score (nSPS) is 21.2. The highest BCUT2D eigenvalue weighted by molar-refractivity contribution is 8.00. The largest absolute Gasteiger partial charge is 0.504 e. The number of aromatic hydroxyl groups is 2. The van der Waals surface area contributed by atoms with Crippen LogP contribution in [0.25, 0.3) is 10.9 Å². The molecule has 2 aromatic heterocycles. The summed E-state index contributed by atoms with van der Waals surface area (Å²) in [5.74, 6) is -3.38. The fraction of sp³-hybridized carbons (Fsp3) is 0.455. The number of nitrogen functional groups attached to an aromatic ring is 1. The SMILES string of the molecule is COC(=O)C1=C(C[N+]2(CCNC(=O)c3cn(C4CC4)c4cc(O)c(O)c(Cl)c4c3=O)CCCC2)CSC2C(NC(=O)C(N=O)c3csc(N)n3)C(=O)N12. The molecule has 3 aromatic rings. The summed E-state index contributed by atoms with van der Waals surface area (Å²) < 4.78 is 7.36. The number of nitrogens with zero attached hydrogens (tertiary/aromatic N) is 5. The second-order valence-electron chi connectivity index (χ2n) is 13.6. The van der Waals surface area contributed by atoms with Gasteiger partial charge in [-0.1, -0.05) is 11.6 Å². The number of methoxy groups -OCH3 is 1. The molecular formula is C33H36ClN8O9S2+. The molecule has 0 spiro atoms. The van der Waals surface area contributed by atoms with E-state index >= 15 is 0 Å². The molecule has 2 saturated heterocycles. The number of halogens is 1. The van der Waals surface area contributed by atoms with E-state index in [9.17, 15) is 39.1 Å². The number of aromatic nitrogens is 2. The predicted octanol–water partition coefficient (Wildman–Crippen LogP) is 2.11. The first kappa shape index (κ1) is 36.6. The van der Waals surface area contributed by atoms with Crippen molar-refractivity contribution in [1.29, 1.82) is 0 Å². The van der Waals surface area contributed by atoms with Crippen LogP contribution in [0.15, 0.2) is 38.9 Å². The van der Waals surface area contributed by atoms with Crippen molar-refractivity contribution in [3.8, 4) is 11.5 Å². The summed E-state index contributed by atoms with van der Waals surface area (Å²) in [6, 6.07) is -1.21. The molecule has 3 aliphatic heterocycles. The molecule has 1 aliphatic carbocycles. The lowest BCUT2D eigenvalue weighted by Crippen LogP contribution is -2.71. The van der Waals surface area contributed by atoms with Crippen LogP contribution in [0, 0.1) is 4.91 Å². The molecule has 3 atom stereocenters. The molecule has 3 fully saturated rings. The number of fused-ring (bicyclic) bond motifs is 2. The van der Waals surface area contributed by atoms with Gasteiger partial charge in [-0.25, -0.2) is 9.78 Å². The number of nitrogens with two attached hydrogens (primary N) is 1. The first-order chi connectivity index (χ1) is 25.4. The summed E-state index contributed by atoms with van der Waals surface area (Å²) in [4.78, 5) is 83.5. The first-order valence-corrected chi connectivity index (χ1v) is 19.2. The maximum Gasteiger partial charge on any atom is 0.355 e. The highest BCUT2D eigenvalue weighted by Crippen LogP contribution is 2.44. The molecule has 20 heteroatoms. The van der Waals surface area contributed by atoms with Crippen LogP contribution in [-0.2, 0) is 19.1 Å². The topological polar surface area (TPSA) is 236 Å². The van der Waals surface area contributed by atoms with Crippen LogP contribution in [0.4, 0.5) is 5.13 Å². The number of thiazole rings is 1. The van der Waals surface area contributed by atoms with Crippen LogP contribution >= 0.6 is 34.7 Å². The van der Waals surface area contributed by atoms with Crippen LogP contribution in [-0.4, -0.2) is 110 Å². The molecule has 1 aromatic carbocycles. The van der Waals surface area contributed by atoms with Crippen LogP contribution in [0.1, 0.15) is 53.8 Å². The minimum atomic E-state index is -1.49. The Hall–Kier alpha value is -4.72. The van der Waals surface area contributed by atoms with E-state index in [0.29, 0.717) is 34.4 Å². The van der Waals surface area contributed by atoms with Gasteiger partial charge in [0.25, 0.3) is 17.7 Å². The van der Waals surface area contributed by atoms with Gasteiger partial charge in [-0.3, -0.25) is 24.1 Å². The third-order valence-electron chi connectivity index (χ3n) is 10.2. The maximum atomic E-state index is 13.5. The highest BCUT2D eigenvalue weighted by atomic mass is 35.5. The number of phenolic OH excluding ortho intramolecular Hbond substituents is 2. The molecule has 4 aliphatic rings. The number of quaternary nitrogens is 1. The molecule has 1 saturated carbocycles. The van der Waals surface area contributed by atoms with Crippen molar-refractivity contribution < 1.29 is 38.6 Å². The Labute approximate surface area is 314 Å². The molecule has 0 radical (unpaired) electrons. The molecule has 6 N–H and O–H groups in total. The summed E-state index contributed by atoms with van der Waals surface area (Å²) in [7, 11) is 1.23. The number of rotatable bonds is 12. The molecule has 0 bridgehead atoms. The van der Waals surface area contributed by atoms with E-state index in [1.807, 2.05) is 0 Å². The fourth-order valence-electron chi connectivity index (χ4n) is 7.41. The summed E-state index contributed by atoms with van der Waals surface area (Å²) >= 11 is 8.72. The van der Waals surface area contributed by atoms with Gasteiger partial charge in [-0.2, -0.15) is 0 Å². The van der Waals surface area contributed by atoms with E-state index in [4.69, 9.17) is 22.1 Å². The second kappa shape index (κ2) is 14.3. The molecule has 3 unspecified atom stereocenters.